The van der Waals surface area contributed by atoms with Crippen molar-refractivity contribution in [1.82, 2.24) is 9.97 Å². The predicted octanol–water partition coefficient (Wildman–Crippen LogP) is 5.49. The smallest absolute Gasteiger partial charge is 0.225 e. The second-order valence-electron chi connectivity index (χ2n) is 7.30. The highest BCUT2D eigenvalue weighted by atomic mass is 35.5. The first kappa shape index (κ1) is 20.0. The van der Waals surface area contributed by atoms with E-state index in [1.165, 1.54) is 23.5 Å². The van der Waals surface area contributed by atoms with Crippen LogP contribution in [0.2, 0.25) is 5.28 Å². The zero-order valence-electron chi connectivity index (χ0n) is 16.9. The van der Waals surface area contributed by atoms with Gasteiger partial charge < -0.3 is 14.5 Å². The Bertz CT molecular complexity index is 1220. The molecular weight excluding hydrogens is 435 g/mol. The van der Waals surface area contributed by atoms with E-state index in [0.29, 0.717) is 0 Å². The maximum atomic E-state index is 13.4. The molecule has 4 aromatic rings. The second-order valence-corrected chi connectivity index (χ2v) is 8.49. The molecule has 0 spiro atoms. The Labute approximate surface area is 188 Å². The molecule has 0 N–H and O–H groups in total. The van der Waals surface area contributed by atoms with Gasteiger partial charge >= 0.3 is 0 Å². The number of benzene rings is 2. The van der Waals surface area contributed by atoms with Gasteiger partial charge in [0.25, 0.3) is 0 Å². The third kappa shape index (κ3) is 3.79. The molecule has 31 heavy (non-hydrogen) atoms. The molecule has 0 bridgehead atoms. The Morgan fingerprint density at radius 1 is 0.968 bits per heavy atom. The summed E-state index contributed by atoms with van der Waals surface area (Å²) in [5, 5.41) is 3.24. The molecule has 5 nitrogen and oxygen atoms in total. The van der Waals surface area contributed by atoms with Crippen LogP contribution in [-0.2, 0) is 0 Å². The van der Waals surface area contributed by atoms with Crippen molar-refractivity contribution in [2.75, 3.05) is 43.1 Å². The predicted molar refractivity (Wildman–Crippen MR) is 125 cm³/mol. The molecule has 2 aromatic heterocycles. The lowest BCUT2D eigenvalue weighted by atomic mass is 10.1. The Morgan fingerprint density at radius 3 is 2.42 bits per heavy atom. The van der Waals surface area contributed by atoms with E-state index in [2.05, 4.69) is 25.8 Å². The molecule has 5 rings (SSSR count). The minimum Gasteiger partial charge on any atom is -0.495 e. The summed E-state index contributed by atoms with van der Waals surface area (Å²) in [6.45, 7) is 3.25. The molecule has 0 saturated carbocycles. The summed E-state index contributed by atoms with van der Waals surface area (Å²) >= 11 is 7.79. The number of hydrogen-bond donors (Lipinski definition) is 0. The molecule has 0 aliphatic carbocycles. The quantitative estimate of drug-likeness (QED) is 0.381. The SMILES string of the molecule is COc1ccccc1N1CCN(c2nc(Cl)nc3scc(-c4ccc(F)cc4)c23)CC1. The minimum absolute atomic E-state index is 0.238. The van der Waals surface area contributed by atoms with Gasteiger partial charge in [0.05, 0.1) is 18.2 Å². The first-order valence-electron chi connectivity index (χ1n) is 9.97. The molecule has 158 valence electrons. The maximum absolute atomic E-state index is 13.4. The van der Waals surface area contributed by atoms with E-state index in [4.69, 9.17) is 16.3 Å². The molecule has 1 aliphatic heterocycles. The number of fused-ring (bicyclic) bond motifs is 1. The van der Waals surface area contributed by atoms with Crippen molar-refractivity contribution >= 4 is 44.7 Å². The van der Waals surface area contributed by atoms with E-state index in [-0.39, 0.29) is 11.1 Å². The number of piperazine rings is 1. The summed E-state index contributed by atoms with van der Waals surface area (Å²) in [7, 11) is 1.70. The number of rotatable bonds is 4. The van der Waals surface area contributed by atoms with Crippen LogP contribution in [0.3, 0.4) is 0 Å². The molecule has 0 radical (unpaired) electrons. The van der Waals surface area contributed by atoms with E-state index in [0.717, 1.165) is 64.8 Å². The number of aromatic nitrogens is 2. The maximum Gasteiger partial charge on any atom is 0.225 e. The summed E-state index contributed by atoms with van der Waals surface area (Å²) in [6, 6.07) is 14.6. The monoisotopic (exact) mass is 454 g/mol. The van der Waals surface area contributed by atoms with Gasteiger partial charge in [0.15, 0.2) is 0 Å². The lowest BCUT2D eigenvalue weighted by Crippen LogP contribution is -2.47. The van der Waals surface area contributed by atoms with Gasteiger partial charge in [-0.25, -0.2) is 9.37 Å². The second kappa shape index (κ2) is 8.32. The van der Waals surface area contributed by atoms with Crippen LogP contribution in [-0.4, -0.2) is 43.3 Å². The average Bonchev–Trinajstić information content (AvgIpc) is 3.23. The Kier molecular flexibility index (Phi) is 5.38. The fourth-order valence-corrected chi connectivity index (χ4v) is 5.18. The molecule has 2 aromatic carbocycles. The van der Waals surface area contributed by atoms with Gasteiger partial charge in [0, 0.05) is 37.1 Å². The highest BCUT2D eigenvalue weighted by Gasteiger charge is 2.24. The molecular formula is C23H20ClFN4OS. The topological polar surface area (TPSA) is 41.5 Å². The summed E-state index contributed by atoms with van der Waals surface area (Å²) in [5.41, 5.74) is 3.03. The van der Waals surface area contributed by atoms with Crippen LogP contribution in [0.1, 0.15) is 0 Å². The number of nitrogens with zero attached hydrogens (tertiary/aromatic N) is 4. The van der Waals surface area contributed by atoms with Gasteiger partial charge in [-0.3, -0.25) is 0 Å². The summed E-state index contributed by atoms with van der Waals surface area (Å²) < 4.78 is 19.0. The van der Waals surface area contributed by atoms with Gasteiger partial charge in [0.2, 0.25) is 5.28 Å². The van der Waals surface area contributed by atoms with Crippen molar-refractivity contribution in [3.05, 3.63) is 65.0 Å². The minimum atomic E-state index is -0.254. The van der Waals surface area contributed by atoms with Crippen molar-refractivity contribution < 1.29 is 9.13 Å². The van der Waals surface area contributed by atoms with Crippen LogP contribution in [0.25, 0.3) is 21.3 Å². The molecule has 8 heteroatoms. The van der Waals surface area contributed by atoms with E-state index in [1.807, 2.05) is 23.6 Å². The number of thiophene rings is 1. The third-order valence-corrected chi connectivity index (χ3v) is 6.59. The average molecular weight is 455 g/mol. The number of anilines is 2. The summed E-state index contributed by atoms with van der Waals surface area (Å²) in [4.78, 5) is 14.4. The number of ether oxygens (including phenoxy) is 1. The molecule has 3 heterocycles. The van der Waals surface area contributed by atoms with Crippen LogP contribution >= 0.6 is 22.9 Å². The number of halogens is 2. The van der Waals surface area contributed by atoms with E-state index >= 15 is 0 Å². The zero-order valence-corrected chi connectivity index (χ0v) is 18.5. The molecule has 1 aliphatic rings. The normalized spacial score (nSPS) is 14.3. The van der Waals surface area contributed by atoms with E-state index < -0.39 is 0 Å². The Hall–Kier alpha value is -2.90. The third-order valence-electron chi connectivity index (χ3n) is 5.55. The fraction of sp³-hybridized carbons (Fsp3) is 0.217. The van der Waals surface area contributed by atoms with Crippen LogP contribution in [0, 0.1) is 5.82 Å². The van der Waals surface area contributed by atoms with Crippen LogP contribution < -0.4 is 14.5 Å². The highest BCUT2D eigenvalue weighted by molar-refractivity contribution is 7.17. The summed E-state index contributed by atoms with van der Waals surface area (Å²) in [5.74, 6) is 1.45. The molecule has 1 fully saturated rings. The van der Waals surface area contributed by atoms with Crippen molar-refractivity contribution in [2.24, 2.45) is 0 Å². The lowest BCUT2D eigenvalue weighted by Gasteiger charge is -2.37. The number of hydrogen-bond acceptors (Lipinski definition) is 6. The fourth-order valence-electron chi connectivity index (χ4n) is 4.02. The zero-order chi connectivity index (χ0) is 21.4. The van der Waals surface area contributed by atoms with Crippen molar-refractivity contribution in [3.8, 4) is 16.9 Å². The largest absolute Gasteiger partial charge is 0.495 e. The van der Waals surface area contributed by atoms with Gasteiger partial charge in [-0.1, -0.05) is 24.3 Å². The first-order chi connectivity index (χ1) is 15.1. The van der Waals surface area contributed by atoms with Crippen molar-refractivity contribution in [3.63, 3.8) is 0 Å². The summed E-state index contributed by atoms with van der Waals surface area (Å²) in [6.07, 6.45) is 0. The van der Waals surface area contributed by atoms with Gasteiger partial charge in [-0.15, -0.1) is 11.3 Å². The molecule has 0 unspecified atom stereocenters. The molecule has 0 atom stereocenters. The number of para-hydroxylation sites is 2. The number of methoxy groups -OCH3 is 1. The van der Waals surface area contributed by atoms with Crippen LogP contribution in [0.5, 0.6) is 5.75 Å². The first-order valence-corrected chi connectivity index (χ1v) is 11.2. The van der Waals surface area contributed by atoms with E-state index in [1.54, 1.807) is 19.2 Å². The lowest BCUT2D eigenvalue weighted by molar-refractivity contribution is 0.413. The van der Waals surface area contributed by atoms with Gasteiger partial charge in [-0.2, -0.15) is 4.98 Å². The van der Waals surface area contributed by atoms with Crippen LogP contribution in [0.15, 0.2) is 53.9 Å². The van der Waals surface area contributed by atoms with Gasteiger partial charge in [-0.05, 0) is 41.4 Å². The Morgan fingerprint density at radius 2 is 1.68 bits per heavy atom. The molecule has 1 saturated heterocycles. The Balaban J connectivity index is 1.48. The van der Waals surface area contributed by atoms with Crippen molar-refractivity contribution in [2.45, 2.75) is 0 Å². The van der Waals surface area contributed by atoms with Crippen LogP contribution in [0.4, 0.5) is 15.9 Å². The van der Waals surface area contributed by atoms with E-state index in [9.17, 15) is 4.39 Å². The van der Waals surface area contributed by atoms with Gasteiger partial charge in [0.1, 0.15) is 22.2 Å². The highest BCUT2D eigenvalue weighted by Crippen LogP contribution is 2.39. The standard InChI is InChI=1S/C23H20ClFN4OS/c1-30-19-5-3-2-4-18(19)28-10-12-29(13-11-28)21-20-17(15-6-8-16(25)9-7-15)14-31-22(20)27-23(24)26-21/h2-9,14H,10-13H2,1H3. The molecule has 0 amide bonds. The van der Waals surface area contributed by atoms with Crippen molar-refractivity contribution in [1.29, 1.82) is 0 Å².